The van der Waals surface area contributed by atoms with Crippen molar-refractivity contribution in [2.75, 3.05) is 5.32 Å². The van der Waals surface area contributed by atoms with Crippen LogP contribution in [0.5, 0.6) is 0 Å². The highest BCUT2D eigenvalue weighted by molar-refractivity contribution is 6.31. The van der Waals surface area contributed by atoms with E-state index in [9.17, 15) is 19.5 Å². The lowest BCUT2D eigenvalue weighted by Crippen LogP contribution is -2.46. The monoisotopic (exact) mass is 449 g/mol. The fourth-order valence-electron chi connectivity index (χ4n) is 3.82. The third-order valence-corrected chi connectivity index (χ3v) is 5.65. The van der Waals surface area contributed by atoms with Crippen molar-refractivity contribution >= 4 is 35.1 Å². The van der Waals surface area contributed by atoms with Crippen molar-refractivity contribution in [3.63, 3.8) is 0 Å². The Kier molecular flexibility index (Phi) is 5.92. The van der Waals surface area contributed by atoms with Crippen LogP contribution in [-0.2, 0) is 17.8 Å². The number of hydrogen-bond acceptors (Lipinski definition) is 4. The van der Waals surface area contributed by atoms with Gasteiger partial charge in [-0.25, -0.2) is 4.79 Å². The van der Waals surface area contributed by atoms with E-state index in [1.54, 1.807) is 55.6 Å². The average molecular weight is 450 g/mol. The van der Waals surface area contributed by atoms with E-state index >= 15 is 0 Å². The minimum Gasteiger partial charge on any atom is -0.478 e. The lowest BCUT2D eigenvalue weighted by Gasteiger charge is -2.29. The van der Waals surface area contributed by atoms with Crippen LogP contribution in [0.25, 0.3) is 0 Å². The summed E-state index contributed by atoms with van der Waals surface area (Å²) in [6.45, 7) is 1.83. The van der Waals surface area contributed by atoms with E-state index in [1.807, 2.05) is 6.07 Å². The van der Waals surface area contributed by atoms with Crippen LogP contribution in [0.1, 0.15) is 37.5 Å². The van der Waals surface area contributed by atoms with Crippen molar-refractivity contribution in [2.45, 2.75) is 25.9 Å². The van der Waals surface area contributed by atoms with Gasteiger partial charge >= 0.3 is 5.97 Å². The van der Waals surface area contributed by atoms with Gasteiger partial charge in [0.2, 0.25) is 5.91 Å². The van der Waals surface area contributed by atoms with Gasteiger partial charge < -0.3 is 15.3 Å². The molecule has 32 heavy (non-hydrogen) atoms. The quantitative estimate of drug-likeness (QED) is 0.614. The Labute approximate surface area is 189 Å². The summed E-state index contributed by atoms with van der Waals surface area (Å²) in [7, 11) is 0. The average Bonchev–Trinajstić information content (AvgIpc) is 2.84. The van der Waals surface area contributed by atoms with Crippen molar-refractivity contribution in [1.29, 1.82) is 0 Å². The van der Waals surface area contributed by atoms with Gasteiger partial charge in [0.25, 0.3) is 5.91 Å². The third-order valence-electron chi connectivity index (χ3n) is 5.41. The van der Waals surface area contributed by atoms with Crippen LogP contribution in [0.2, 0.25) is 5.02 Å². The van der Waals surface area contributed by atoms with Crippen LogP contribution in [-0.4, -0.2) is 38.8 Å². The molecule has 3 aromatic rings. The SMILES string of the molecule is Cc1cc(CN2C(=O)c3ccc(Cl)cc3NC(=O)C2Cc2ccccn2)ccc1C(=O)O. The van der Waals surface area contributed by atoms with Crippen molar-refractivity contribution in [3.8, 4) is 0 Å². The highest BCUT2D eigenvalue weighted by Gasteiger charge is 2.36. The molecule has 2 heterocycles. The van der Waals surface area contributed by atoms with Crippen molar-refractivity contribution < 1.29 is 19.5 Å². The minimum absolute atomic E-state index is 0.132. The molecule has 1 unspecified atom stereocenters. The molecule has 0 bridgehead atoms. The first kappa shape index (κ1) is 21.5. The second kappa shape index (κ2) is 8.80. The Morgan fingerprint density at radius 2 is 1.97 bits per heavy atom. The van der Waals surface area contributed by atoms with Crippen LogP contribution in [0, 0.1) is 6.92 Å². The number of carboxylic acid groups (broad SMARTS) is 1. The number of nitrogens with zero attached hydrogens (tertiary/aromatic N) is 2. The van der Waals surface area contributed by atoms with E-state index < -0.39 is 12.0 Å². The van der Waals surface area contributed by atoms with Gasteiger partial charge in [-0.1, -0.05) is 29.8 Å². The summed E-state index contributed by atoms with van der Waals surface area (Å²) >= 11 is 6.08. The van der Waals surface area contributed by atoms with E-state index in [1.165, 1.54) is 11.0 Å². The highest BCUT2D eigenvalue weighted by atomic mass is 35.5. The first-order chi connectivity index (χ1) is 15.3. The molecule has 7 nitrogen and oxygen atoms in total. The fraction of sp³-hybridized carbons (Fsp3) is 0.167. The Balaban J connectivity index is 1.75. The predicted octanol–water partition coefficient (Wildman–Crippen LogP) is 3.95. The Bertz CT molecular complexity index is 1210. The van der Waals surface area contributed by atoms with E-state index in [0.717, 1.165) is 5.56 Å². The number of halogens is 1. The Morgan fingerprint density at radius 3 is 2.66 bits per heavy atom. The van der Waals surface area contributed by atoms with Gasteiger partial charge in [-0.2, -0.15) is 0 Å². The van der Waals surface area contributed by atoms with Crippen LogP contribution in [0.4, 0.5) is 5.69 Å². The molecular formula is C24H20ClN3O4. The number of anilines is 1. The molecule has 1 atom stereocenters. The normalized spacial score (nSPS) is 15.7. The van der Waals surface area contributed by atoms with E-state index in [-0.39, 0.29) is 30.3 Å². The molecule has 0 saturated heterocycles. The number of rotatable bonds is 5. The summed E-state index contributed by atoms with van der Waals surface area (Å²) in [5.74, 6) is -1.68. The molecule has 4 rings (SSSR count). The second-order valence-electron chi connectivity index (χ2n) is 7.61. The number of benzene rings is 2. The zero-order chi connectivity index (χ0) is 22.8. The van der Waals surface area contributed by atoms with E-state index in [2.05, 4.69) is 10.3 Å². The van der Waals surface area contributed by atoms with E-state index in [4.69, 9.17) is 11.6 Å². The van der Waals surface area contributed by atoms with Gasteiger partial charge in [-0.15, -0.1) is 0 Å². The van der Waals surface area contributed by atoms with Crippen molar-refractivity contribution in [1.82, 2.24) is 9.88 Å². The van der Waals surface area contributed by atoms with Gasteiger partial charge in [-0.3, -0.25) is 14.6 Å². The van der Waals surface area contributed by atoms with Crippen LogP contribution in [0.15, 0.2) is 60.8 Å². The van der Waals surface area contributed by atoms with Crippen LogP contribution in [0.3, 0.4) is 0 Å². The number of fused-ring (bicyclic) bond motifs is 1. The lowest BCUT2D eigenvalue weighted by molar-refractivity contribution is -0.120. The number of hydrogen-bond donors (Lipinski definition) is 2. The number of aromatic carboxylic acids is 1. The maximum absolute atomic E-state index is 13.5. The fourth-order valence-corrected chi connectivity index (χ4v) is 3.99. The number of pyridine rings is 1. The molecular weight excluding hydrogens is 430 g/mol. The van der Waals surface area contributed by atoms with Gasteiger partial charge in [-0.05, 0) is 54.4 Å². The number of aromatic nitrogens is 1. The summed E-state index contributed by atoms with van der Waals surface area (Å²) in [5, 5.41) is 12.5. The topological polar surface area (TPSA) is 99.6 Å². The molecule has 0 radical (unpaired) electrons. The Morgan fingerprint density at radius 1 is 1.16 bits per heavy atom. The molecule has 2 aromatic carbocycles. The number of carbonyl (C=O) groups excluding carboxylic acids is 2. The minimum atomic E-state index is -1.02. The van der Waals surface area contributed by atoms with Gasteiger partial charge in [0, 0.05) is 29.9 Å². The largest absolute Gasteiger partial charge is 0.478 e. The van der Waals surface area contributed by atoms with Crippen molar-refractivity contribution in [2.24, 2.45) is 0 Å². The van der Waals surface area contributed by atoms with Crippen molar-refractivity contribution in [3.05, 3.63) is 93.8 Å². The lowest BCUT2D eigenvalue weighted by atomic mass is 10.0. The first-order valence-electron chi connectivity index (χ1n) is 9.97. The number of nitrogens with one attached hydrogen (secondary N) is 1. The summed E-state index contributed by atoms with van der Waals surface area (Å²) in [6, 6.07) is 14.2. The van der Waals surface area contributed by atoms with Gasteiger partial charge in [0.15, 0.2) is 0 Å². The summed E-state index contributed by atoms with van der Waals surface area (Å²) < 4.78 is 0. The maximum atomic E-state index is 13.5. The second-order valence-corrected chi connectivity index (χ2v) is 8.04. The molecule has 1 aliphatic heterocycles. The molecule has 1 aromatic heterocycles. The number of aryl methyl sites for hydroxylation is 1. The molecule has 0 saturated carbocycles. The highest BCUT2D eigenvalue weighted by Crippen LogP contribution is 2.29. The number of amides is 2. The van der Waals surface area contributed by atoms with Gasteiger partial charge in [0.1, 0.15) is 6.04 Å². The maximum Gasteiger partial charge on any atom is 0.335 e. The van der Waals surface area contributed by atoms with Crippen LogP contribution >= 0.6 is 11.6 Å². The molecule has 162 valence electrons. The number of carbonyl (C=O) groups is 3. The predicted molar refractivity (Wildman–Crippen MR) is 120 cm³/mol. The zero-order valence-corrected chi connectivity index (χ0v) is 18.0. The molecule has 0 spiro atoms. The van der Waals surface area contributed by atoms with E-state index in [0.29, 0.717) is 27.5 Å². The van der Waals surface area contributed by atoms with Gasteiger partial charge in [0.05, 0.1) is 16.8 Å². The van der Waals surface area contributed by atoms with Crippen LogP contribution < -0.4 is 5.32 Å². The smallest absolute Gasteiger partial charge is 0.335 e. The summed E-state index contributed by atoms with van der Waals surface area (Å²) in [6.07, 6.45) is 1.87. The first-order valence-corrected chi connectivity index (χ1v) is 10.4. The number of carboxylic acids is 1. The molecule has 8 heteroatoms. The molecule has 2 N–H and O–H groups in total. The summed E-state index contributed by atoms with van der Waals surface area (Å²) in [5.41, 5.74) is 2.86. The molecule has 0 aliphatic carbocycles. The zero-order valence-electron chi connectivity index (χ0n) is 17.2. The Hall–Kier alpha value is -3.71. The molecule has 2 amide bonds. The summed E-state index contributed by atoms with van der Waals surface area (Å²) in [4.78, 5) is 43.9. The molecule has 0 fully saturated rings. The standard InChI is InChI=1S/C24H20ClN3O4/c1-14-10-15(5-7-18(14)24(31)32)13-28-21(12-17-4-2-3-9-26-17)22(29)27-20-11-16(25)6-8-19(20)23(28)30/h2-11,21H,12-13H2,1H3,(H,27,29)(H,31,32). The molecule has 1 aliphatic rings. The third kappa shape index (κ3) is 4.33.